The van der Waals surface area contributed by atoms with E-state index in [1.807, 2.05) is 0 Å². The second kappa shape index (κ2) is 5.94. The molecule has 0 aliphatic heterocycles. The summed E-state index contributed by atoms with van der Waals surface area (Å²) in [7, 11) is 0. The highest BCUT2D eigenvalue weighted by molar-refractivity contribution is 9.10. The molecule has 0 saturated heterocycles. The number of rotatable bonds is 4. The minimum absolute atomic E-state index is 0.0378. The highest BCUT2D eigenvalue weighted by atomic mass is 79.9. The average Bonchev–Trinajstić information content (AvgIpc) is 2.69. The Balaban J connectivity index is 2.18. The normalized spacial score (nSPS) is 15.8. The van der Waals surface area contributed by atoms with E-state index < -0.39 is 18.4 Å². The molecule has 1 aliphatic carbocycles. The number of halogens is 5. The summed E-state index contributed by atoms with van der Waals surface area (Å²) in [6, 6.07) is -0.0378. The second-order valence-corrected chi connectivity index (χ2v) is 4.69. The number of alkyl halides is 4. The van der Waals surface area contributed by atoms with Gasteiger partial charge < -0.3 is 4.74 Å². The molecule has 110 valence electrons. The lowest BCUT2D eigenvalue weighted by Gasteiger charge is -2.16. The summed E-state index contributed by atoms with van der Waals surface area (Å²) < 4.78 is 56.8. The summed E-state index contributed by atoms with van der Waals surface area (Å²) in [5.74, 6) is 0.125. The van der Waals surface area contributed by atoms with Gasteiger partial charge in [-0.3, -0.25) is 0 Å². The van der Waals surface area contributed by atoms with E-state index in [0.29, 0.717) is 6.42 Å². The van der Waals surface area contributed by atoms with Gasteiger partial charge in [0.25, 0.3) is 0 Å². The van der Waals surface area contributed by atoms with Gasteiger partial charge in [0, 0.05) is 6.42 Å². The summed E-state index contributed by atoms with van der Waals surface area (Å²) >= 11 is 3.01. The summed E-state index contributed by atoms with van der Waals surface area (Å²) in [6.45, 7) is -0.762. The molecule has 20 heavy (non-hydrogen) atoms. The first-order valence-corrected chi connectivity index (χ1v) is 6.51. The molecule has 0 radical (unpaired) electrons. The Morgan fingerprint density at radius 2 is 2.15 bits per heavy atom. The first-order valence-electron chi connectivity index (χ1n) is 5.72. The summed E-state index contributed by atoms with van der Waals surface area (Å²) in [6.07, 6.45) is -1.85. The van der Waals surface area contributed by atoms with Crippen LogP contribution >= 0.6 is 15.9 Å². The maximum absolute atomic E-state index is 12.6. The Kier molecular flexibility index (Phi) is 4.46. The quantitative estimate of drug-likeness (QED) is 0.775. The van der Waals surface area contributed by atoms with Crippen LogP contribution < -0.4 is 4.74 Å². The fourth-order valence-electron chi connectivity index (χ4n) is 1.67. The SMILES string of the molecule is FCCn1nc(Br)nc1OC1=CC(C(F)(F)F)=CCC1. The molecule has 0 amide bonds. The van der Waals surface area contributed by atoms with Crippen molar-refractivity contribution in [3.63, 3.8) is 0 Å². The third-order valence-corrected chi connectivity index (χ3v) is 2.87. The molecule has 0 N–H and O–H groups in total. The van der Waals surface area contributed by atoms with Crippen LogP contribution in [0.3, 0.4) is 0 Å². The number of ether oxygens (including phenoxy) is 1. The maximum atomic E-state index is 12.6. The van der Waals surface area contributed by atoms with Crippen molar-refractivity contribution in [2.45, 2.75) is 25.6 Å². The third-order valence-electron chi connectivity index (χ3n) is 2.53. The molecule has 0 spiro atoms. The minimum Gasteiger partial charge on any atom is -0.429 e. The largest absolute Gasteiger partial charge is 0.429 e. The van der Waals surface area contributed by atoms with E-state index in [1.54, 1.807) is 0 Å². The molecule has 9 heteroatoms. The van der Waals surface area contributed by atoms with Gasteiger partial charge in [-0.1, -0.05) is 6.08 Å². The van der Waals surface area contributed by atoms with Crippen LogP contribution in [0.5, 0.6) is 6.01 Å². The molecule has 1 aliphatic rings. The van der Waals surface area contributed by atoms with Crippen LogP contribution in [0, 0.1) is 0 Å². The molecule has 0 fully saturated rings. The Hall–Kier alpha value is -1.38. The lowest BCUT2D eigenvalue weighted by Crippen LogP contribution is -2.15. The van der Waals surface area contributed by atoms with E-state index in [2.05, 4.69) is 26.0 Å². The van der Waals surface area contributed by atoms with Crippen LogP contribution in [0.25, 0.3) is 0 Å². The van der Waals surface area contributed by atoms with Crippen LogP contribution in [-0.2, 0) is 6.54 Å². The van der Waals surface area contributed by atoms with Crippen molar-refractivity contribution >= 4 is 15.9 Å². The average molecular weight is 356 g/mol. The molecule has 1 heterocycles. The van der Waals surface area contributed by atoms with Gasteiger partial charge >= 0.3 is 12.2 Å². The molecular weight excluding hydrogens is 346 g/mol. The molecule has 1 aromatic rings. The van der Waals surface area contributed by atoms with Crippen molar-refractivity contribution < 1.29 is 22.3 Å². The van der Waals surface area contributed by atoms with Crippen molar-refractivity contribution in [2.24, 2.45) is 0 Å². The zero-order chi connectivity index (χ0) is 14.8. The molecule has 4 nitrogen and oxygen atoms in total. The number of aryl methyl sites for hydroxylation is 1. The van der Waals surface area contributed by atoms with Crippen LogP contribution in [0.4, 0.5) is 17.6 Å². The highest BCUT2D eigenvalue weighted by Gasteiger charge is 2.33. The fourth-order valence-corrected chi connectivity index (χ4v) is 2.02. The molecule has 0 saturated carbocycles. The first kappa shape index (κ1) is 15.0. The van der Waals surface area contributed by atoms with Crippen LogP contribution in [0.2, 0.25) is 0 Å². The Labute approximate surface area is 120 Å². The Morgan fingerprint density at radius 1 is 1.40 bits per heavy atom. The molecule has 0 unspecified atom stereocenters. The van der Waals surface area contributed by atoms with Gasteiger partial charge in [-0.05, 0) is 28.4 Å². The molecule has 0 atom stereocenters. The monoisotopic (exact) mass is 355 g/mol. The lowest BCUT2D eigenvalue weighted by molar-refractivity contribution is -0.0889. The number of hydrogen-bond donors (Lipinski definition) is 0. The molecule has 0 aromatic carbocycles. The van der Waals surface area contributed by atoms with Crippen LogP contribution in [-0.4, -0.2) is 27.6 Å². The van der Waals surface area contributed by atoms with E-state index in [9.17, 15) is 17.6 Å². The Bertz CT molecular complexity index is 550. The molecule has 1 aromatic heterocycles. The number of nitrogens with zero attached hydrogens (tertiary/aromatic N) is 3. The van der Waals surface area contributed by atoms with E-state index in [1.165, 1.54) is 0 Å². The first-order chi connectivity index (χ1) is 9.40. The van der Waals surface area contributed by atoms with Gasteiger partial charge in [-0.25, -0.2) is 9.07 Å². The van der Waals surface area contributed by atoms with Gasteiger partial charge in [0.1, 0.15) is 12.4 Å². The van der Waals surface area contributed by atoms with Gasteiger partial charge in [0.2, 0.25) is 4.73 Å². The van der Waals surface area contributed by atoms with Crippen LogP contribution in [0.15, 0.2) is 28.2 Å². The van der Waals surface area contributed by atoms with Crippen molar-refractivity contribution in [1.82, 2.24) is 14.8 Å². The summed E-state index contributed by atoms with van der Waals surface area (Å²) in [4.78, 5) is 3.85. The summed E-state index contributed by atoms with van der Waals surface area (Å²) in [5.41, 5.74) is -0.755. The molecule has 2 rings (SSSR count). The van der Waals surface area contributed by atoms with Crippen molar-refractivity contribution in [3.8, 4) is 6.01 Å². The van der Waals surface area contributed by atoms with Gasteiger partial charge in [0.15, 0.2) is 0 Å². The van der Waals surface area contributed by atoms with Crippen molar-refractivity contribution in [1.29, 1.82) is 0 Å². The predicted molar refractivity (Wildman–Crippen MR) is 65.8 cm³/mol. The van der Waals surface area contributed by atoms with E-state index in [-0.39, 0.29) is 29.5 Å². The zero-order valence-corrected chi connectivity index (χ0v) is 11.7. The van der Waals surface area contributed by atoms with Gasteiger partial charge in [0.05, 0.1) is 12.1 Å². The maximum Gasteiger partial charge on any atom is 0.416 e. The smallest absolute Gasteiger partial charge is 0.416 e. The number of hydrogen-bond acceptors (Lipinski definition) is 3. The molecular formula is C11H10BrF4N3O. The summed E-state index contributed by atoms with van der Waals surface area (Å²) in [5, 5.41) is 3.83. The zero-order valence-electron chi connectivity index (χ0n) is 10.1. The lowest BCUT2D eigenvalue weighted by atomic mass is 10.1. The van der Waals surface area contributed by atoms with Crippen molar-refractivity contribution in [3.05, 3.63) is 28.2 Å². The number of aromatic nitrogens is 3. The van der Waals surface area contributed by atoms with Gasteiger partial charge in [-0.15, -0.1) is 5.10 Å². The highest BCUT2D eigenvalue weighted by Crippen LogP contribution is 2.32. The minimum atomic E-state index is -4.41. The predicted octanol–water partition coefficient (Wildman–Crippen LogP) is 3.56. The van der Waals surface area contributed by atoms with Crippen LogP contribution in [0.1, 0.15) is 12.8 Å². The van der Waals surface area contributed by atoms with E-state index in [0.717, 1.165) is 16.8 Å². The van der Waals surface area contributed by atoms with Crippen molar-refractivity contribution in [2.75, 3.05) is 6.67 Å². The van der Waals surface area contributed by atoms with E-state index in [4.69, 9.17) is 4.74 Å². The van der Waals surface area contributed by atoms with Gasteiger partial charge in [-0.2, -0.15) is 18.2 Å². The second-order valence-electron chi connectivity index (χ2n) is 3.98. The number of allylic oxidation sites excluding steroid dienone is 4. The standard InChI is InChI=1S/C11H10BrF4N3O/c12-9-17-10(19(18-9)5-4-13)20-8-3-1-2-7(6-8)11(14,15)16/h2,6H,1,3-5H2. The molecule has 0 bridgehead atoms. The Morgan fingerprint density at radius 3 is 2.80 bits per heavy atom. The third kappa shape index (κ3) is 3.59. The topological polar surface area (TPSA) is 39.9 Å². The van der Waals surface area contributed by atoms with E-state index >= 15 is 0 Å². The fraction of sp³-hybridized carbons (Fsp3) is 0.455.